The lowest BCUT2D eigenvalue weighted by Gasteiger charge is -2.26. The Bertz CT molecular complexity index is 2340. The molecule has 0 radical (unpaired) electrons. The molecule has 278 valence electrons. The summed E-state index contributed by atoms with van der Waals surface area (Å²) in [5.41, 5.74) is 3.52. The van der Waals surface area contributed by atoms with E-state index in [1.54, 1.807) is 44.7 Å². The Morgan fingerprint density at radius 1 is 0.741 bits per heavy atom. The number of rotatable bonds is 8. The van der Waals surface area contributed by atoms with Crippen LogP contribution >= 0.6 is 11.6 Å². The number of benzene rings is 2. The molecular formula is C37H31ClF4N8O4. The number of aromatic nitrogens is 6. The molecule has 7 rings (SSSR count). The van der Waals surface area contributed by atoms with Gasteiger partial charge in [-0.25, -0.2) is 27.5 Å². The quantitative estimate of drug-likeness (QED) is 0.124. The van der Waals surface area contributed by atoms with E-state index in [9.17, 15) is 27.2 Å². The van der Waals surface area contributed by atoms with Crippen molar-refractivity contribution in [2.75, 3.05) is 23.8 Å². The minimum atomic E-state index is -0.859. The lowest BCUT2D eigenvalue weighted by atomic mass is 10.1. The van der Waals surface area contributed by atoms with Crippen LogP contribution in [0.25, 0.3) is 22.5 Å². The Morgan fingerprint density at radius 3 is 1.59 bits per heavy atom. The third-order valence-electron chi connectivity index (χ3n) is 8.24. The van der Waals surface area contributed by atoms with Crippen LogP contribution in [0.4, 0.5) is 28.9 Å². The molecule has 0 spiro atoms. The Morgan fingerprint density at radius 2 is 1.19 bits per heavy atom. The zero-order valence-corrected chi connectivity index (χ0v) is 29.9. The maximum absolute atomic E-state index is 13.8. The van der Waals surface area contributed by atoms with Crippen LogP contribution in [-0.4, -0.2) is 60.7 Å². The maximum atomic E-state index is 13.8. The number of hydrogen-bond acceptors (Lipinski definition) is 8. The number of pyridine rings is 2. The Labute approximate surface area is 310 Å². The molecule has 6 aromatic rings. The van der Waals surface area contributed by atoms with Crippen LogP contribution in [-0.2, 0) is 18.8 Å². The van der Waals surface area contributed by atoms with Gasteiger partial charge in [-0.15, -0.1) is 0 Å². The molecule has 0 aliphatic carbocycles. The summed E-state index contributed by atoms with van der Waals surface area (Å²) in [5.74, 6) is -4.37. The number of halogens is 5. The van der Waals surface area contributed by atoms with Gasteiger partial charge in [-0.3, -0.25) is 19.0 Å². The minimum Gasteiger partial charge on any atom is -0.469 e. The average Bonchev–Trinajstić information content (AvgIpc) is 3.69. The summed E-state index contributed by atoms with van der Waals surface area (Å²) in [6.45, 7) is 4.84. The summed E-state index contributed by atoms with van der Waals surface area (Å²) < 4.78 is 68.7. The monoisotopic (exact) mass is 762 g/mol. The van der Waals surface area contributed by atoms with Crippen molar-refractivity contribution in [2.45, 2.75) is 20.0 Å². The van der Waals surface area contributed by atoms with E-state index in [-0.39, 0.29) is 17.5 Å². The summed E-state index contributed by atoms with van der Waals surface area (Å²) in [5, 5.41) is 13.1. The third kappa shape index (κ3) is 8.24. The van der Waals surface area contributed by atoms with Crippen molar-refractivity contribution in [3.05, 3.63) is 124 Å². The van der Waals surface area contributed by atoms with Crippen molar-refractivity contribution < 1.29 is 36.6 Å². The van der Waals surface area contributed by atoms with Crippen LogP contribution in [0.3, 0.4) is 0 Å². The van der Waals surface area contributed by atoms with Crippen LogP contribution in [0, 0.1) is 37.1 Å². The van der Waals surface area contributed by atoms with E-state index in [4.69, 9.17) is 21.1 Å². The molecule has 0 bridgehead atoms. The number of aryl methyl sites for hydroxylation is 4. The number of anilines is 2. The highest BCUT2D eigenvalue weighted by Gasteiger charge is 2.23. The van der Waals surface area contributed by atoms with Gasteiger partial charge in [-0.1, -0.05) is 23.7 Å². The van der Waals surface area contributed by atoms with Gasteiger partial charge in [0.1, 0.15) is 45.9 Å². The zero-order chi connectivity index (χ0) is 38.7. The van der Waals surface area contributed by atoms with Crippen molar-refractivity contribution in [2.24, 2.45) is 14.1 Å². The fourth-order valence-electron chi connectivity index (χ4n) is 5.36. The molecule has 12 nitrogen and oxygen atoms in total. The first-order valence-electron chi connectivity index (χ1n) is 16.2. The van der Waals surface area contributed by atoms with E-state index < -0.39 is 46.5 Å². The van der Waals surface area contributed by atoms with E-state index >= 15 is 0 Å². The van der Waals surface area contributed by atoms with E-state index in [2.05, 4.69) is 30.8 Å². The number of amides is 2. The molecule has 1 aliphatic heterocycles. The van der Waals surface area contributed by atoms with Gasteiger partial charge in [0.25, 0.3) is 11.8 Å². The van der Waals surface area contributed by atoms with Crippen molar-refractivity contribution in [1.82, 2.24) is 29.5 Å². The predicted octanol–water partition coefficient (Wildman–Crippen LogP) is 7.07. The normalized spacial score (nSPS) is 12.4. The highest BCUT2D eigenvalue weighted by molar-refractivity contribution is 6.29. The number of nitrogens with zero attached hydrogens (tertiary/aromatic N) is 6. The van der Waals surface area contributed by atoms with Crippen molar-refractivity contribution in [3.8, 4) is 28.4 Å². The van der Waals surface area contributed by atoms with Gasteiger partial charge in [0.05, 0.1) is 24.6 Å². The number of carbonyl (C=O) groups is 2. The number of ether oxygens (including phenoxy) is 2. The summed E-state index contributed by atoms with van der Waals surface area (Å²) >= 11 is 5.85. The van der Waals surface area contributed by atoms with E-state index in [0.29, 0.717) is 35.6 Å². The van der Waals surface area contributed by atoms with E-state index in [0.717, 1.165) is 46.5 Å². The lowest BCUT2D eigenvalue weighted by molar-refractivity contribution is -0.0813. The molecule has 2 amide bonds. The molecule has 1 aliphatic rings. The van der Waals surface area contributed by atoms with Crippen LogP contribution in [0.2, 0.25) is 5.15 Å². The van der Waals surface area contributed by atoms with Gasteiger partial charge < -0.3 is 20.1 Å². The van der Waals surface area contributed by atoms with Gasteiger partial charge in [0.2, 0.25) is 5.88 Å². The van der Waals surface area contributed by atoms with Crippen molar-refractivity contribution >= 4 is 34.8 Å². The first-order valence-corrected chi connectivity index (χ1v) is 16.6. The number of para-hydroxylation sites is 2. The van der Waals surface area contributed by atoms with Crippen molar-refractivity contribution in [1.29, 1.82) is 0 Å². The summed E-state index contributed by atoms with van der Waals surface area (Å²) in [4.78, 5) is 33.1. The molecule has 1 saturated heterocycles. The molecule has 2 aromatic carbocycles. The Balaban J connectivity index is 0.000000186. The van der Waals surface area contributed by atoms with Crippen LogP contribution in [0.15, 0.2) is 73.1 Å². The van der Waals surface area contributed by atoms with Crippen LogP contribution < -0.4 is 15.4 Å². The number of nitrogens with one attached hydrogen (secondary N) is 2. The van der Waals surface area contributed by atoms with Gasteiger partial charge in [0, 0.05) is 43.7 Å². The number of hydrogen-bond donors (Lipinski definition) is 2. The molecule has 0 saturated carbocycles. The first kappa shape index (κ1) is 37.6. The first-order chi connectivity index (χ1) is 25.8. The second kappa shape index (κ2) is 15.9. The molecule has 17 heteroatoms. The Kier molecular flexibility index (Phi) is 11.0. The molecule has 2 N–H and O–H groups in total. The minimum absolute atomic E-state index is 0.0125. The predicted molar refractivity (Wildman–Crippen MR) is 191 cm³/mol. The second-order valence-electron chi connectivity index (χ2n) is 12.1. The van der Waals surface area contributed by atoms with Crippen LogP contribution in [0.5, 0.6) is 5.88 Å². The van der Waals surface area contributed by atoms with Gasteiger partial charge in [-0.2, -0.15) is 10.2 Å². The lowest BCUT2D eigenvalue weighted by Crippen LogP contribution is -2.38. The van der Waals surface area contributed by atoms with Crippen molar-refractivity contribution in [3.63, 3.8) is 0 Å². The smallest absolute Gasteiger partial charge is 0.276 e. The average molecular weight is 763 g/mol. The number of carbonyl (C=O) groups excluding carboxylic acids is 2. The highest BCUT2D eigenvalue weighted by Crippen LogP contribution is 2.28. The SMILES string of the molecule is Cc1cc(Cl)ncc1-c1cc(C(=O)Nc2c(F)cccc2F)nn1C.Cc1cc(OC2COC2)ncc1-c1cc(C(=O)Nc2c(F)cccc2F)nn1C. The maximum Gasteiger partial charge on any atom is 0.276 e. The summed E-state index contributed by atoms with van der Waals surface area (Å²) in [6, 6.07) is 13.2. The Hall–Kier alpha value is -6.13. The molecule has 0 atom stereocenters. The zero-order valence-electron chi connectivity index (χ0n) is 29.1. The van der Waals surface area contributed by atoms with E-state index in [1.807, 2.05) is 13.8 Å². The van der Waals surface area contributed by atoms with Crippen LogP contribution in [0.1, 0.15) is 32.1 Å². The van der Waals surface area contributed by atoms with E-state index in [1.165, 1.54) is 27.6 Å². The molecule has 0 unspecified atom stereocenters. The third-order valence-corrected chi connectivity index (χ3v) is 8.44. The molecular weight excluding hydrogens is 732 g/mol. The van der Waals surface area contributed by atoms with Gasteiger partial charge in [-0.05, 0) is 67.4 Å². The summed E-state index contributed by atoms with van der Waals surface area (Å²) in [7, 11) is 3.33. The standard InChI is InChI=1S/C20H18F2N4O3.C17H13ClF2N4O/c1-11-6-18(29-12-9-28-10-12)23-8-13(11)17-7-16(25-26(17)2)20(27)24-19-14(21)4-3-5-15(19)22;1-9-6-15(18)21-8-10(9)14-7-13(23-24(14)2)17(25)22-16-11(19)4-3-5-12(16)20/h3-8,12H,9-10H2,1-2H3,(H,24,27);3-8H,1-2H3,(H,22,25). The molecule has 5 heterocycles. The summed E-state index contributed by atoms with van der Waals surface area (Å²) in [6.07, 6.45) is 3.23. The fourth-order valence-corrected chi connectivity index (χ4v) is 5.57. The molecule has 54 heavy (non-hydrogen) atoms. The molecule has 1 fully saturated rings. The largest absolute Gasteiger partial charge is 0.469 e. The topological polar surface area (TPSA) is 138 Å². The second-order valence-corrected chi connectivity index (χ2v) is 12.5. The van der Waals surface area contributed by atoms with Gasteiger partial charge >= 0.3 is 0 Å². The highest BCUT2D eigenvalue weighted by atomic mass is 35.5. The van der Waals surface area contributed by atoms with Gasteiger partial charge in [0.15, 0.2) is 11.4 Å². The molecule has 4 aromatic heterocycles. The fraction of sp³-hybridized carbons (Fsp3) is 0.189.